The Labute approximate surface area is 119 Å². The molecule has 4 nitrogen and oxygen atoms in total. The number of hydrogen-bond acceptors (Lipinski definition) is 4. The molecule has 2 rings (SSSR count). The highest BCUT2D eigenvalue weighted by Gasteiger charge is 2.07. The number of anilines is 2. The smallest absolute Gasteiger partial charge is 0.130 e. The number of aromatic nitrogens is 1. The van der Waals surface area contributed by atoms with E-state index in [1.807, 2.05) is 37.4 Å². The van der Waals surface area contributed by atoms with Gasteiger partial charge in [-0.25, -0.2) is 4.98 Å². The molecule has 0 aliphatic carbocycles. The first-order valence-electron chi connectivity index (χ1n) is 6.63. The molecule has 1 aromatic heterocycles. The van der Waals surface area contributed by atoms with Crippen molar-refractivity contribution in [2.24, 2.45) is 0 Å². The second kappa shape index (κ2) is 6.58. The van der Waals surface area contributed by atoms with Gasteiger partial charge in [-0.1, -0.05) is 6.07 Å². The number of nitrogens with one attached hydrogen (secondary N) is 1. The molecule has 4 heteroatoms. The standard InChI is InChI=1S/C16H18N4/c1-3-18-16-14(5-4-10-19-16)12-20(2)15-8-6-13(11-17)7-9-15/h4-10H,3,12H2,1-2H3,(H,18,19). The quantitative estimate of drug-likeness (QED) is 0.903. The average Bonchev–Trinajstić information content (AvgIpc) is 2.49. The number of nitrogens with zero attached hydrogens (tertiary/aromatic N) is 3. The SMILES string of the molecule is CCNc1ncccc1CN(C)c1ccc(C#N)cc1. The zero-order valence-electron chi connectivity index (χ0n) is 11.8. The number of hydrogen-bond donors (Lipinski definition) is 1. The molecule has 0 amide bonds. The fraction of sp³-hybridized carbons (Fsp3) is 0.250. The Balaban J connectivity index is 2.14. The van der Waals surface area contributed by atoms with Crippen LogP contribution in [-0.4, -0.2) is 18.6 Å². The number of pyridine rings is 1. The third-order valence-electron chi connectivity index (χ3n) is 3.08. The molecular weight excluding hydrogens is 248 g/mol. The fourth-order valence-electron chi connectivity index (χ4n) is 2.03. The molecular formula is C16H18N4. The number of rotatable bonds is 5. The van der Waals surface area contributed by atoms with E-state index >= 15 is 0 Å². The van der Waals surface area contributed by atoms with Crippen LogP contribution in [-0.2, 0) is 6.54 Å². The van der Waals surface area contributed by atoms with Gasteiger partial charge < -0.3 is 10.2 Å². The Kier molecular flexibility index (Phi) is 4.56. The summed E-state index contributed by atoms with van der Waals surface area (Å²) in [7, 11) is 2.03. The third kappa shape index (κ3) is 3.27. The predicted octanol–water partition coefficient (Wildman–Crippen LogP) is 3.02. The molecule has 0 aliphatic heterocycles. The maximum absolute atomic E-state index is 8.82. The molecule has 0 atom stereocenters. The van der Waals surface area contributed by atoms with Crippen LogP contribution in [0, 0.1) is 11.3 Å². The Bertz CT molecular complexity index is 599. The maximum atomic E-state index is 8.82. The van der Waals surface area contributed by atoms with Crippen LogP contribution in [0.25, 0.3) is 0 Å². The van der Waals surface area contributed by atoms with Crippen molar-refractivity contribution < 1.29 is 0 Å². The summed E-state index contributed by atoms with van der Waals surface area (Å²) in [5.74, 6) is 0.926. The second-order valence-electron chi connectivity index (χ2n) is 4.56. The summed E-state index contributed by atoms with van der Waals surface area (Å²) in [6, 6.07) is 13.7. The summed E-state index contributed by atoms with van der Waals surface area (Å²) in [5.41, 5.74) is 2.91. The van der Waals surface area contributed by atoms with Gasteiger partial charge in [-0.2, -0.15) is 5.26 Å². The first-order valence-corrected chi connectivity index (χ1v) is 6.63. The molecule has 1 N–H and O–H groups in total. The van der Waals surface area contributed by atoms with Gasteiger partial charge in [0.25, 0.3) is 0 Å². The molecule has 0 radical (unpaired) electrons. The minimum atomic E-state index is 0.678. The predicted molar refractivity (Wildman–Crippen MR) is 81.7 cm³/mol. The minimum absolute atomic E-state index is 0.678. The van der Waals surface area contributed by atoms with Gasteiger partial charge in [0.15, 0.2) is 0 Å². The summed E-state index contributed by atoms with van der Waals surface area (Å²) in [6.07, 6.45) is 1.79. The van der Waals surface area contributed by atoms with Crippen molar-refractivity contribution in [2.75, 3.05) is 23.8 Å². The van der Waals surface area contributed by atoms with E-state index in [0.29, 0.717) is 5.56 Å². The van der Waals surface area contributed by atoms with Crippen LogP contribution in [0.4, 0.5) is 11.5 Å². The molecule has 1 heterocycles. The van der Waals surface area contributed by atoms with E-state index in [4.69, 9.17) is 5.26 Å². The van der Waals surface area contributed by atoms with Crippen molar-refractivity contribution in [3.8, 4) is 6.07 Å². The van der Waals surface area contributed by atoms with Gasteiger partial charge in [-0.15, -0.1) is 0 Å². The van der Waals surface area contributed by atoms with Crippen LogP contribution < -0.4 is 10.2 Å². The molecule has 1 aromatic carbocycles. The summed E-state index contributed by atoms with van der Waals surface area (Å²) in [6.45, 7) is 3.68. The van der Waals surface area contributed by atoms with E-state index in [9.17, 15) is 0 Å². The van der Waals surface area contributed by atoms with Gasteiger partial charge in [0.05, 0.1) is 11.6 Å². The monoisotopic (exact) mass is 266 g/mol. The largest absolute Gasteiger partial charge is 0.370 e. The zero-order valence-corrected chi connectivity index (χ0v) is 11.8. The van der Waals surface area contributed by atoms with E-state index in [1.165, 1.54) is 0 Å². The molecule has 2 aromatic rings. The lowest BCUT2D eigenvalue weighted by molar-refractivity contribution is 0.913. The normalized spacial score (nSPS) is 9.85. The first kappa shape index (κ1) is 13.9. The molecule has 0 fully saturated rings. The van der Waals surface area contributed by atoms with E-state index in [0.717, 1.165) is 30.2 Å². The topological polar surface area (TPSA) is 52.0 Å². The summed E-state index contributed by atoms with van der Waals surface area (Å²) in [4.78, 5) is 6.50. The van der Waals surface area contributed by atoms with Crippen LogP contribution in [0.15, 0.2) is 42.6 Å². The third-order valence-corrected chi connectivity index (χ3v) is 3.08. The highest BCUT2D eigenvalue weighted by atomic mass is 15.1. The van der Waals surface area contributed by atoms with Crippen molar-refractivity contribution in [1.29, 1.82) is 5.26 Å². The molecule has 0 saturated carbocycles. The van der Waals surface area contributed by atoms with Crippen LogP contribution in [0.3, 0.4) is 0 Å². The molecule has 0 bridgehead atoms. The molecule has 0 unspecified atom stereocenters. The van der Waals surface area contributed by atoms with E-state index in [-0.39, 0.29) is 0 Å². The highest BCUT2D eigenvalue weighted by molar-refractivity contribution is 5.52. The molecule has 20 heavy (non-hydrogen) atoms. The molecule has 102 valence electrons. The van der Waals surface area contributed by atoms with Gasteiger partial charge in [0, 0.05) is 37.6 Å². The van der Waals surface area contributed by atoms with E-state index in [1.54, 1.807) is 6.20 Å². The van der Waals surface area contributed by atoms with E-state index in [2.05, 4.69) is 34.3 Å². The summed E-state index contributed by atoms with van der Waals surface area (Å²) >= 11 is 0. The second-order valence-corrected chi connectivity index (χ2v) is 4.56. The van der Waals surface area contributed by atoms with Gasteiger partial charge >= 0.3 is 0 Å². The van der Waals surface area contributed by atoms with Gasteiger partial charge in [0.1, 0.15) is 5.82 Å². The summed E-state index contributed by atoms with van der Waals surface area (Å²) in [5, 5.41) is 12.1. The Morgan fingerprint density at radius 2 is 2.00 bits per heavy atom. The first-order chi connectivity index (χ1) is 9.74. The fourth-order valence-corrected chi connectivity index (χ4v) is 2.03. The van der Waals surface area contributed by atoms with Gasteiger partial charge in [-0.3, -0.25) is 0 Å². The van der Waals surface area contributed by atoms with Crippen molar-refractivity contribution in [1.82, 2.24) is 4.98 Å². The molecule has 0 spiro atoms. The Morgan fingerprint density at radius 1 is 1.25 bits per heavy atom. The van der Waals surface area contributed by atoms with Gasteiger partial charge in [0.2, 0.25) is 0 Å². The number of benzene rings is 1. The van der Waals surface area contributed by atoms with Crippen LogP contribution in [0.5, 0.6) is 0 Å². The van der Waals surface area contributed by atoms with Crippen LogP contribution in [0.1, 0.15) is 18.1 Å². The maximum Gasteiger partial charge on any atom is 0.130 e. The van der Waals surface area contributed by atoms with Crippen molar-refractivity contribution >= 4 is 11.5 Å². The lowest BCUT2D eigenvalue weighted by atomic mass is 10.2. The molecule has 0 saturated heterocycles. The van der Waals surface area contributed by atoms with Crippen molar-refractivity contribution in [3.05, 3.63) is 53.7 Å². The molecule has 0 aliphatic rings. The van der Waals surface area contributed by atoms with Crippen LogP contribution >= 0.6 is 0 Å². The zero-order chi connectivity index (χ0) is 14.4. The van der Waals surface area contributed by atoms with Crippen molar-refractivity contribution in [2.45, 2.75) is 13.5 Å². The lowest BCUT2D eigenvalue weighted by Gasteiger charge is -2.21. The average molecular weight is 266 g/mol. The van der Waals surface area contributed by atoms with Crippen LogP contribution in [0.2, 0.25) is 0 Å². The van der Waals surface area contributed by atoms with E-state index < -0.39 is 0 Å². The summed E-state index contributed by atoms with van der Waals surface area (Å²) < 4.78 is 0. The number of nitriles is 1. The Morgan fingerprint density at radius 3 is 2.65 bits per heavy atom. The van der Waals surface area contributed by atoms with Gasteiger partial charge in [-0.05, 0) is 37.3 Å². The lowest BCUT2D eigenvalue weighted by Crippen LogP contribution is -2.18. The minimum Gasteiger partial charge on any atom is -0.370 e. The Hall–Kier alpha value is -2.54. The van der Waals surface area contributed by atoms with Crippen molar-refractivity contribution in [3.63, 3.8) is 0 Å². The highest BCUT2D eigenvalue weighted by Crippen LogP contribution is 2.19.